The monoisotopic (exact) mass is 300 g/mol. The summed E-state index contributed by atoms with van der Waals surface area (Å²) in [6.07, 6.45) is 3.20. The van der Waals surface area contributed by atoms with Gasteiger partial charge in [0, 0.05) is 25.2 Å². The molecule has 1 aliphatic rings. The molecule has 0 aromatic carbocycles. The van der Waals surface area contributed by atoms with Gasteiger partial charge in [0.15, 0.2) is 5.16 Å². The van der Waals surface area contributed by atoms with Crippen LogP contribution < -0.4 is 5.32 Å². The standard InChI is InChI=1S/C13H21ClN4S/c1-9(2)18-5-4-10(8-18)7-15-12-6-11(14)16-13(17-12)19-3/h6,9-10H,4-5,7-8H2,1-3H3,(H,15,16,17). The average molecular weight is 301 g/mol. The van der Waals surface area contributed by atoms with Crippen LogP contribution in [0.2, 0.25) is 5.15 Å². The first-order valence-electron chi connectivity index (χ1n) is 6.65. The normalized spacial score (nSPS) is 20.2. The fourth-order valence-corrected chi connectivity index (χ4v) is 2.94. The van der Waals surface area contributed by atoms with Gasteiger partial charge >= 0.3 is 0 Å². The van der Waals surface area contributed by atoms with E-state index in [-0.39, 0.29) is 0 Å². The molecule has 0 bridgehead atoms. The van der Waals surface area contributed by atoms with E-state index in [1.165, 1.54) is 31.3 Å². The molecule has 1 atom stereocenters. The molecule has 1 aromatic rings. The Kier molecular flexibility index (Phi) is 5.30. The summed E-state index contributed by atoms with van der Waals surface area (Å²) in [5.74, 6) is 1.52. The number of rotatable bonds is 5. The molecule has 0 amide bonds. The first-order chi connectivity index (χ1) is 9.08. The van der Waals surface area contributed by atoms with Crippen LogP contribution in [-0.4, -0.2) is 46.8 Å². The third-order valence-corrected chi connectivity index (χ3v) is 4.22. The van der Waals surface area contributed by atoms with Gasteiger partial charge < -0.3 is 10.2 Å². The summed E-state index contributed by atoms with van der Waals surface area (Å²) < 4.78 is 0. The Morgan fingerprint density at radius 3 is 2.95 bits per heavy atom. The zero-order valence-electron chi connectivity index (χ0n) is 11.7. The van der Waals surface area contributed by atoms with E-state index >= 15 is 0 Å². The number of aromatic nitrogens is 2. The van der Waals surface area contributed by atoms with Crippen molar-refractivity contribution < 1.29 is 0 Å². The van der Waals surface area contributed by atoms with Crippen LogP contribution in [0.4, 0.5) is 5.82 Å². The molecular weight excluding hydrogens is 280 g/mol. The van der Waals surface area contributed by atoms with Crippen molar-refractivity contribution in [1.82, 2.24) is 14.9 Å². The molecule has 1 N–H and O–H groups in total. The van der Waals surface area contributed by atoms with E-state index in [9.17, 15) is 0 Å². The molecule has 1 saturated heterocycles. The van der Waals surface area contributed by atoms with Crippen LogP contribution in [0.5, 0.6) is 0 Å². The van der Waals surface area contributed by atoms with Gasteiger partial charge in [0.25, 0.3) is 0 Å². The number of likely N-dealkylation sites (tertiary alicyclic amines) is 1. The van der Waals surface area contributed by atoms with Gasteiger partial charge in [0.1, 0.15) is 11.0 Å². The summed E-state index contributed by atoms with van der Waals surface area (Å²) in [5.41, 5.74) is 0. The second-order valence-electron chi connectivity index (χ2n) is 5.19. The molecule has 1 aromatic heterocycles. The summed E-state index contributed by atoms with van der Waals surface area (Å²) in [6, 6.07) is 2.43. The highest BCUT2D eigenvalue weighted by Gasteiger charge is 2.23. The Balaban J connectivity index is 1.87. The van der Waals surface area contributed by atoms with Gasteiger partial charge in [-0.15, -0.1) is 0 Å². The van der Waals surface area contributed by atoms with Crippen LogP contribution >= 0.6 is 23.4 Å². The van der Waals surface area contributed by atoms with E-state index in [0.717, 1.165) is 12.4 Å². The van der Waals surface area contributed by atoms with Gasteiger partial charge in [-0.3, -0.25) is 0 Å². The summed E-state index contributed by atoms with van der Waals surface area (Å²) in [4.78, 5) is 11.1. The van der Waals surface area contributed by atoms with Crippen molar-refractivity contribution in [3.63, 3.8) is 0 Å². The average Bonchev–Trinajstić information content (AvgIpc) is 2.84. The predicted molar refractivity (Wildman–Crippen MR) is 82.1 cm³/mol. The van der Waals surface area contributed by atoms with E-state index < -0.39 is 0 Å². The zero-order chi connectivity index (χ0) is 13.8. The third-order valence-electron chi connectivity index (χ3n) is 3.48. The summed E-state index contributed by atoms with van der Waals surface area (Å²) in [6.45, 7) is 7.82. The highest BCUT2D eigenvalue weighted by atomic mass is 35.5. The Bertz CT molecular complexity index is 427. The quantitative estimate of drug-likeness (QED) is 0.514. The number of thioether (sulfide) groups is 1. The lowest BCUT2D eigenvalue weighted by Crippen LogP contribution is -2.29. The molecule has 19 heavy (non-hydrogen) atoms. The Labute approximate surface area is 124 Å². The molecule has 0 radical (unpaired) electrons. The number of nitrogens with one attached hydrogen (secondary N) is 1. The number of hydrogen-bond acceptors (Lipinski definition) is 5. The third kappa shape index (κ3) is 4.23. The summed E-state index contributed by atoms with van der Waals surface area (Å²) in [7, 11) is 0. The van der Waals surface area contributed by atoms with Gasteiger partial charge in [0.05, 0.1) is 0 Å². The van der Waals surface area contributed by atoms with Gasteiger partial charge in [-0.1, -0.05) is 23.4 Å². The lowest BCUT2D eigenvalue weighted by molar-refractivity contribution is 0.266. The molecular formula is C13H21ClN4S. The van der Waals surface area contributed by atoms with E-state index in [0.29, 0.717) is 22.3 Å². The summed E-state index contributed by atoms with van der Waals surface area (Å²) >= 11 is 7.48. The van der Waals surface area contributed by atoms with Crippen molar-refractivity contribution in [2.45, 2.75) is 31.5 Å². The minimum Gasteiger partial charge on any atom is -0.370 e. The molecule has 106 valence electrons. The maximum atomic E-state index is 5.98. The first-order valence-corrected chi connectivity index (χ1v) is 8.25. The van der Waals surface area contributed by atoms with Crippen LogP contribution in [0.15, 0.2) is 11.2 Å². The van der Waals surface area contributed by atoms with Crippen LogP contribution in [0.3, 0.4) is 0 Å². The molecule has 1 aliphatic heterocycles. The summed E-state index contributed by atoms with van der Waals surface area (Å²) in [5, 5.41) is 4.60. The van der Waals surface area contributed by atoms with Crippen LogP contribution in [0, 0.1) is 5.92 Å². The van der Waals surface area contributed by atoms with Crippen molar-refractivity contribution in [3.8, 4) is 0 Å². The fraction of sp³-hybridized carbons (Fsp3) is 0.692. The highest BCUT2D eigenvalue weighted by molar-refractivity contribution is 7.98. The van der Waals surface area contributed by atoms with Gasteiger partial charge in [-0.2, -0.15) is 0 Å². The predicted octanol–water partition coefficient (Wildman–Crippen LogP) is 2.99. The van der Waals surface area contributed by atoms with Crippen LogP contribution in [0.25, 0.3) is 0 Å². The van der Waals surface area contributed by atoms with Crippen molar-refractivity contribution in [3.05, 3.63) is 11.2 Å². The number of nitrogens with zero attached hydrogens (tertiary/aromatic N) is 3. The molecule has 4 nitrogen and oxygen atoms in total. The Hall–Kier alpha value is -0.520. The molecule has 6 heteroatoms. The lowest BCUT2D eigenvalue weighted by Gasteiger charge is -2.20. The van der Waals surface area contributed by atoms with Gasteiger partial charge in [-0.05, 0) is 39.0 Å². The fourth-order valence-electron chi connectivity index (χ4n) is 2.33. The molecule has 1 fully saturated rings. The molecule has 0 saturated carbocycles. The van der Waals surface area contributed by atoms with Crippen molar-refractivity contribution >= 4 is 29.2 Å². The minimum atomic E-state index is 0.497. The molecule has 0 spiro atoms. The maximum Gasteiger partial charge on any atom is 0.190 e. The van der Waals surface area contributed by atoms with E-state index in [1.807, 2.05) is 6.26 Å². The van der Waals surface area contributed by atoms with Crippen LogP contribution in [0.1, 0.15) is 20.3 Å². The number of halogens is 1. The molecule has 0 aliphatic carbocycles. The van der Waals surface area contributed by atoms with Crippen molar-refractivity contribution in [2.24, 2.45) is 5.92 Å². The smallest absolute Gasteiger partial charge is 0.190 e. The minimum absolute atomic E-state index is 0.497. The first kappa shape index (κ1) is 14.9. The van der Waals surface area contributed by atoms with Gasteiger partial charge in [0.2, 0.25) is 0 Å². The molecule has 1 unspecified atom stereocenters. The van der Waals surface area contributed by atoms with E-state index in [4.69, 9.17) is 11.6 Å². The largest absolute Gasteiger partial charge is 0.370 e. The zero-order valence-corrected chi connectivity index (χ0v) is 13.3. The topological polar surface area (TPSA) is 41.1 Å². The maximum absolute atomic E-state index is 5.98. The number of anilines is 1. The number of hydrogen-bond donors (Lipinski definition) is 1. The Morgan fingerprint density at radius 1 is 1.53 bits per heavy atom. The molecule has 2 rings (SSSR count). The SMILES string of the molecule is CSc1nc(Cl)cc(NCC2CCN(C(C)C)C2)n1. The Morgan fingerprint density at radius 2 is 2.32 bits per heavy atom. The van der Waals surface area contributed by atoms with E-state index in [2.05, 4.69) is 34.0 Å². The molecule has 2 heterocycles. The second kappa shape index (κ2) is 6.77. The van der Waals surface area contributed by atoms with Crippen molar-refractivity contribution in [2.75, 3.05) is 31.2 Å². The van der Waals surface area contributed by atoms with Gasteiger partial charge in [-0.25, -0.2) is 9.97 Å². The van der Waals surface area contributed by atoms with Crippen molar-refractivity contribution in [1.29, 1.82) is 0 Å². The lowest BCUT2D eigenvalue weighted by atomic mass is 10.1. The van der Waals surface area contributed by atoms with Crippen LogP contribution in [-0.2, 0) is 0 Å². The second-order valence-corrected chi connectivity index (χ2v) is 6.35. The highest BCUT2D eigenvalue weighted by Crippen LogP contribution is 2.21. The van der Waals surface area contributed by atoms with E-state index in [1.54, 1.807) is 6.07 Å².